The highest BCUT2D eigenvalue weighted by Gasteiger charge is 2.04. The Morgan fingerprint density at radius 3 is 2.45 bits per heavy atom. The van der Waals surface area contributed by atoms with Crippen LogP contribution in [0.25, 0.3) is 10.9 Å². The van der Waals surface area contributed by atoms with Gasteiger partial charge in [-0.25, -0.2) is 0 Å². The molecule has 5 N–H and O–H groups in total. The van der Waals surface area contributed by atoms with Crippen molar-refractivity contribution in [1.29, 1.82) is 0 Å². The number of nitrogens with two attached hydrogens (primary N) is 1. The van der Waals surface area contributed by atoms with Crippen LogP contribution in [0.1, 0.15) is 39.0 Å². The predicted octanol–water partition coefficient (Wildman–Crippen LogP) is 4.25. The van der Waals surface area contributed by atoms with Gasteiger partial charge >= 0.3 is 0 Å². The van der Waals surface area contributed by atoms with E-state index in [2.05, 4.69) is 34.4 Å². The maximum absolute atomic E-state index is 6.10. The Morgan fingerprint density at radius 2 is 1.86 bits per heavy atom. The summed E-state index contributed by atoms with van der Waals surface area (Å²) < 4.78 is 0. The largest absolute Gasteiger partial charge is 0.382 e. The van der Waals surface area contributed by atoms with E-state index in [9.17, 15) is 0 Å². The van der Waals surface area contributed by atoms with Crippen LogP contribution >= 0.6 is 11.6 Å². The minimum atomic E-state index is 0.547. The molecule has 2 aromatic rings. The van der Waals surface area contributed by atoms with E-state index in [-0.39, 0.29) is 0 Å². The monoisotopic (exact) mass is 324 g/mol. The number of H-pyrrole nitrogens is 1. The number of benzene rings is 1. The van der Waals surface area contributed by atoms with Gasteiger partial charge in [0, 0.05) is 33.9 Å². The maximum atomic E-state index is 6.10. The van der Waals surface area contributed by atoms with E-state index >= 15 is 0 Å². The van der Waals surface area contributed by atoms with Gasteiger partial charge in [0.2, 0.25) is 0 Å². The zero-order valence-corrected chi connectivity index (χ0v) is 15.1. The molecule has 0 saturated carbocycles. The molecule has 0 radical (unpaired) electrons. The third-order valence-electron chi connectivity index (χ3n) is 2.80. The van der Waals surface area contributed by atoms with E-state index in [4.69, 9.17) is 17.4 Å². The molecule has 0 aliphatic rings. The van der Waals surface area contributed by atoms with Gasteiger partial charge in [-0.15, -0.1) is 0 Å². The summed E-state index contributed by atoms with van der Waals surface area (Å²) in [5, 5.41) is 5.09. The van der Waals surface area contributed by atoms with Gasteiger partial charge in [-0.05, 0) is 30.7 Å². The smallest absolute Gasteiger partial charge is 0.0548 e. The lowest BCUT2D eigenvalue weighted by molar-refractivity contribution is 0.705. The Morgan fingerprint density at radius 1 is 1.23 bits per heavy atom. The van der Waals surface area contributed by atoms with Gasteiger partial charge in [0.15, 0.2) is 0 Å². The standard InChI is InChI=1S/C13H17ClN4.2C2H6/c1-8-3-13-10(5-12(8)14)4-11(18-13)7-16-9(2)6-17-15;2*1-2/h3-5,16-18H,2,6-7,15H2,1H3;2*1-2H3. The fourth-order valence-corrected chi connectivity index (χ4v) is 1.99. The van der Waals surface area contributed by atoms with Gasteiger partial charge in [0.1, 0.15) is 0 Å². The first-order valence-corrected chi connectivity index (χ1v) is 8.11. The first kappa shape index (κ1) is 20.5. The third kappa shape index (κ3) is 6.10. The normalized spacial score (nSPS) is 9.41. The molecule has 2 rings (SSSR count). The molecule has 0 atom stereocenters. The average Bonchev–Trinajstić information content (AvgIpc) is 2.92. The summed E-state index contributed by atoms with van der Waals surface area (Å²) in [7, 11) is 0. The van der Waals surface area contributed by atoms with E-state index in [0.29, 0.717) is 13.1 Å². The topological polar surface area (TPSA) is 65.9 Å². The van der Waals surface area contributed by atoms with E-state index in [0.717, 1.165) is 32.9 Å². The second-order valence-electron chi connectivity index (χ2n) is 4.32. The highest BCUT2D eigenvalue weighted by atomic mass is 35.5. The number of aromatic nitrogens is 1. The molecule has 1 aromatic carbocycles. The molecule has 0 aliphatic carbocycles. The zero-order chi connectivity index (χ0) is 17.1. The lowest BCUT2D eigenvalue weighted by atomic mass is 10.2. The number of hydrogen-bond donors (Lipinski definition) is 4. The molecule has 0 aliphatic heterocycles. The molecule has 0 saturated heterocycles. The van der Waals surface area contributed by atoms with Crippen molar-refractivity contribution in [2.24, 2.45) is 5.84 Å². The maximum Gasteiger partial charge on any atom is 0.0548 e. The van der Waals surface area contributed by atoms with E-state index in [1.54, 1.807) is 0 Å². The predicted molar refractivity (Wildman–Crippen MR) is 98.9 cm³/mol. The van der Waals surface area contributed by atoms with Crippen molar-refractivity contribution >= 4 is 22.5 Å². The van der Waals surface area contributed by atoms with Crippen LogP contribution in [0.2, 0.25) is 5.02 Å². The van der Waals surface area contributed by atoms with E-state index < -0.39 is 0 Å². The summed E-state index contributed by atoms with van der Waals surface area (Å²) in [5.74, 6) is 5.22. The zero-order valence-electron chi connectivity index (χ0n) is 14.3. The van der Waals surface area contributed by atoms with Gasteiger partial charge in [-0.2, -0.15) is 0 Å². The van der Waals surface area contributed by atoms with Crippen molar-refractivity contribution in [2.45, 2.75) is 41.2 Å². The van der Waals surface area contributed by atoms with Crippen molar-refractivity contribution in [3.05, 3.63) is 46.8 Å². The molecule has 124 valence electrons. The Bertz CT molecular complexity index is 536. The number of halogens is 1. The van der Waals surface area contributed by atoms with Crippen LogP contribution in [0.4, 0.5) is 0 Å². The van der Waals surface area contributed by atoms with Crippen LogP contribution in [0.5, 0.6) is 0 Å². The van der Waals surface area contributed by atoms with Crippen molar-refractivity contribution < 1.29 is 0 Å². The van der Waals surface area contributed by atoms with Crippen LogP contribution in [-0.4, -0.2) is 11.5 Å². The van der Waals surface area contributed by atoms with Crippen LogP contribution in [0.3, 0.4) is 0 Å². The molecule has 0 unspecified atom stereocenters. The fourth-order valence-electron chi connectivity index (χ4n) is 1.82. The summed E-state index contributed by atoms with van der Waals surface area (Å²) in [6.07, 6.45) is 0. The van der Waals surface area contributed by atoms with Gasteiger partial charge in [0.25, 0.3) is 0 Å². The quantitative estimate of drug-likeness (QED) is 0.491. The highest BCUT2D eigenvalue weighted by Crippen LogP contribution is 2.23. The van der Waals surface area contributed by atoms with E-state index in [1.165, 1.54) is 0 Å². The minimum absolute atomic E-state index is 0.547. The highest BCUT2D eigenvalue weighted by molar-refractivity contribution is 6.32. The molecule has 0 spiro atoms. The molecule has 0 amide bonds. The Kier molecular flexibility index (Phi) is 10.4. The molecule has 4 nitrogen and oxygen atoms in total. The number of rotatable bonds is 5. The number of hydrazine groups is 1. The summed E-state index contributed by atoms with van der Waals surface area (Å²) in [6.45, 7) is 15.1. The number of nitrogens with one attached hydrogen (secondary N) is 3. The average molecular weight is 325 g/mol. The number of aryl methyl sites for hydroxylation is 1. The van der Waals surface area contributed by atoms with Gasteiger partial charge in [0.05, 0.1) is 6.54 Å². The molecule has 1 aromatic heterocycles. The Hall–Kier alpha value is -1.49. The summed E-state index contributed by atoms with van der Waals surface area (Å²) in [5.41, 5.74) is 6.66. The molecule has 5 heteroatoms. The van der Waals surface area contributed by atoms with Crippen LogP contribution in [0.15, 0.2) is 30.5 Å². The van der Waals surface area contributed by atoms with Crippen LogP contribution in [-0.2, 0) is 6.54 Å². The van der Waals surface area contributed by atoms with E-state index in [1.807, 2.05) is 40.7 Å². The molecule has 1 heterocycles. The summed E-state index contributed by atoms with van der Waals surface area (Å²) in [6, 6.07) is 6.11. The van der Waals surface area contributed by atoms with Crippen molar-refractivity contribution in [2.75, 3.05) is 6.54 Å². The second kappa shape index (κ2) is 11.1. The van der Waals surface area contributed by atoms with Crippen LogP contribution < -0.4 is 16.6 Å². The molecule has 0 bridgehead atoms. The first-order valence-electron chi connectivity index (χ1n) is 7.73. The van der Waals surface area contributed by atoms with Crippen molar-refractivity contribution in [3.8, 4) is 0 Å². The van der Waals surface area contributed by atoms with Gasteiger partial charge in [-0.1, -0.05) is 45.9 Å². The summed E-state index contributed by atoms with van der Waals surface area (Å²) >= 11 is 6.10. The Labute approximate surface area is 139 Å². The van der Waals surface area contributed by atoms with Crippen molar-refractivity contribution in [3.63, 3.8) is 0 Å². The fraction of sp³-hybridized carbons (Fsp3) is 0.412. The number of hydrogen-bond acceptors (Lipinski definition) is 3. The molecular formula is C17H29ClN4. The van der Waals surface area contributed by atoms with Gasteiger partial charge in [-0.3, -0.25) is 11.3 Å². The van der Waals surface area contributed by atoms with Crippen molar-refractivity contribution in [1.82, 2.24) is 15.7 Å². The number of aromatic amines is 1. The SMILES string of the molecule is C=C(CNN)NCc1cc2cc(Cl)c(C)cc2[nH]1.CC.CC. The summed E-state index contributed by atoms with van der Waals surface area (Å²) in [4.78, 5) is 3.35. The molecular weight excluding hydrogens is 296 g/mol. The molecule has 0 fully saturated rings. The molecule has 22 heavy (non-hydrogen) atoms. The second-order valence-corrected chi connectivity index (χ2v) is 4.73. The number of fused-ring (bicyclic) bond motifs is 1. The minimum Gasteiger partial charge on any atom is -0.382 e. The lowest BCUT2D eigenvalue weighted by Gasteiger charge is -2.07. The third-order valence-corrected chi connectivity index (χ3v) is 3.21. The Balaban J connectivity index is 0.00000102. The van der Waals surface area contributed by atoms with Gasteiger partial charge < -0.3 is 10.3 Å². The first-order chi connectivity index (χ1) is 10.6. The van der Waals surface area contributed by atoms with Crippen LogP contribution in [0, 0.1) is 6.92 Å². The lowest BCUT2D eigenvalue weighted by Crippen LogP contribution is -2.29.